The molecule has 0 fully saturated rings. The monoisotopic (exact) mass is 508 g/mol. The maximum Gasteiger partial charge on any atom is 0.326 e. The van der Waals surface area contributed by atoms with Gasteiger partial charge in [-0.15, -0.1) is 0 Å². The number of hydrogen-bond donors (Lipinski definition) is 6. The van der Waals surface area contributed by atoms with E-state index >= 15 is 0 Å². The van der Waals surface area contributed by atoms with Gasteiger partial charge in [0.05, 0.1) is 5.92 Å². The molecule has 0 spiro atoms. The Morgan fingerprint density at radius 2 is 1.51 bits per heavy atom. The van der Waals surface area contributed by atoms with Crippen molar-refractivity contribution in [3.8, 4) is 0 Å². The van der Waals surface area contributed by atoms with Gasteiger partial charge in [-0.2, -0.15) is 0 Å². The van der Waals surface area contributed by atoms with Gasteiger partial charge in [-0.3, -0.25) is 19.2 Å². The van der Waals surface area contributed by atoms with Crippen LogP contribution in [0.3, 0.4) is 0 Å². The predicted octanol–water partition coefficient (Wildman–Crippen LogP) is 0.843. The number of amides is 3. The fourth-order valence-electron chi connectivity index (χ4n) is 3.98. The summed E-state index contributed by atoms with van der Waals surface area (Å²) in [7, 11) is 0. The zero-order valence-electron chi connectivity index (χ0n) is 20.0. The lowest BCUT2D eigenvalue weighted by atomic mass is 9.99. The van der Waals surface area contributed by atoms with Crippen molar-refractivity contribution in [2.75, 3.05) is 0 Å². The highest BCUT2D eigenvalue weighted by molar-refractivity contribution is 5.94. The Balaban J connectivity index is 1.83. The van der Waals surface area contributed by atoms with Crippen LogP contribution in [0.25, 0.3) is 10.9 Å². The summed E-state index contributed by atoms with van der Waals surface area (Å²) in [4.78, 5) is 63.7. The summed E-state index contributed by atoms with van der Waals surface area (Å²) in [5.74, 6) is -5.51. The van der Waals surface area contributed by atoms with E-state index in [1.54, 1.807) is 36.5 Å². The van der Waals surface area contributed by atoms with Crippen LogP contribution >= 0.6 is 0 Å². The third-order valence-corrected chi connectivity index (χ3v) is 6.05. The minimum Gasteiger partial charge on any atom is -0.481 e. The topological polar surface area (TPSA) is 178 Å². The molecular formula is C26H28N4O7. The summed E-state index contributed by atoms with van der Waals surface area (Å²) in [6.07, 6.45) is 1.88. The van der Waals surface area contributed by atoms with Gasteiger partial charge in [-0.1, -0.05) is 48.5 Å². The standard InChI is InChI=1S/C26H28N4O7/c1-15(25(34)35)22(28-14-31)24(33)29-20(11-16-7-3-2-4-8-16)23(32)30-21(26(36)37)12-17-13-27-19-10-6-5-9-18(17)19/h2-10,13-15,20-22,27H,11-12H2,1H3,(H,28,31)(H,29,33)(H,30,32)(H,34,35)(H,36,37)/t15?,20-,21-,22-/m0/s1. The molecule has 194 valence electrons. The number of aromatic amines is 1. The Hall–Kier alpha value is -4.67. The second-order valence-electron chi connectivity index (χ2n) is 8.60. The first-order chi connectivity index (χ1) is 17.7. The van der Waals surface area contributed by atoms with E-state index in [1.807, 2.05) is 24.3 Å². The Morgan fingerprint density at radius 1 is 0.865 bits per heavy atom. The van der Waals surface area contributed by atoms with E-state index in [-0.39, 0.29) is 19.3 Å². The smallest absolute Gasteiger partial charge is 0.326 e. The van der Waals surface area contributed by atoms with Crippen molar-refractivity contribution in [3.05, 3.63) is 71.9 Å². The molecule has 2 aromatic carbocycles. The van der Waals surface area contributed by atoms with Gasteiger partial charge in [0.25, 0.3) is 0 Å². The number of carbonyl (C=O) groups is 5. The molecule has 11 nitrogen and oxygen atoms in total. The summed E-state index contributed by atoms with van der Waals surface area (Å²) in [6.45, 7) is 1.25. The van der Waals surface area contributed by atoms with E-state index in [2.05, 4.69) is 20.9 Å². The number of rotatable bonds is 13. The van der Waals surface area contributed by atoms with Crippen molar-refractivity contribution < 1.29 is 34.2 Å². The highest BCUT2D eigenvalue weighted by atomic mass is 16.4. The summed E-state index contributed by atoms with van der Waals surface area (Å²) in [6, 6.07) is 12.1. The van der Waals surface area contributed by atoms with Crippen molar-refractivity contribution in [2.24, 2.45) is 5.92 Å². The lowest BCUT2D eigenvalue weighted by molar-refractivity contribution is -0.145. The number of carboxylic acids is 2. The zero-order valence-corrected chi connectivity index (χ0v) is 20.0. The Kier molecular flexibility index (Phi) is 8.98. The number of carbonyl (C=O) groups excluding carboxylic acids is 3. The molecule has 6 N–H and O–H groups in total. The van der Waals surface area contributed by atoms with E-state index in [4.69, 9.17) is 0 Å². The van der Waals surface area contributed by atoms with Crippen LogP contribution in [0.1, 0.15) is 18.1 Å². The van der Waals surface area contributed by atoms with Crippen LogP contribution in [-0.2, 0) is 36.8 Å². The number of hydrogen-bond acceptors (Lipinski definition) is 5. The molecule has 0 radical (unpaired) electrons. The largest absolute Gasteiger partial charge is 0.481 e. The lowest BCUT2D eigenvalue weighted by Crippen LogP contribution is -2.57. The number of aliphatic carboxylic acids is 2. The van der Waals surface area contributed by atoms with Crippen molar-refractivity contribution >= 4 is 41.1 Å². The van der Waals surface area contributed by atoms with Gasteiger partial charge in [0.15, 0.2) is 0 Å². The van der Waals surface area contributed by atoms with Crippen LogP contribution in [0.15, 0.2) is 60.8 Å². The second-order valence-corrected chi connectivity index (χ2v) is 8.60. The molecule has 1 aromatic heterocycles. The second kappa shape index (κ2) is 12.3. The molecule has 0 aliphatic carbocycles. The molecular weight excluding hydrogens is 480 g/mol. The van der Waals surface area contributed by atoms with Crippen LogP contribution in [0.2, 0.25) is 0 Å². The minimum atomic E-state index is -1.44. The molecule has 37 heavy (non-hydrogen) atoms. The van der Waals surface area contributed by atoms with Gasteiger partial charge in [0, 0.05) is 29.9 Å². The van der Waals surface area contributed by atoms with Crippen LogP contribution in [-0.4, -0.2) is 63.5 Å². The predicted molar refractivity (Wildman–Crippen MR) is 133 cm³/mol. The lowest BCUT2D eigenvalue weighted by Gasteiger charge is -2.25. The van der Waals surface area contributed by atoms with Gasteiger partial charge in [-0.25, -0.2) is 4.79 Å². The molecule has 0 aliphatic heterocycles. The number of nitrogens with one attached hydrogen (secondary N) is 4. The number of fused-ring (bicyclic) bond motifs is 1. The number of H-pyrrole nitrogens is 1. The van der Waals surface area contributed by atoms with Gasteiger partial charge < -0.3 is 31.1 Å². The maximum atomic E-state index is 13.3. The number of benzene rings is 2. The van der Waals surface area contributed by atoms with Crippen molar-refractivity contribution in [2.45, 2.75) is 37.9 Å². The molecule has 0 aliphatic rings. The first-order valence-electron chi connectivity index (χ1n) is 11.6. The number of carboxylic acid groups (broad SMARTS) is 2. The molecule has 4 atom stereocenters. The number of aromatic nitrogens is 1. The van der Waals surface area contributed by atoms with E-state index in [0.717, 1.165) is 10.9 Å². The molecule has 0 saturated heterocycles. The molecule has 3 aromatic rings. The average Bonchev–Trinajstić information content (AvgIpc) is 3.29. The van der Waals surface area contributed by atoms with Crippen molar-refractivity contribution in [1.29, 1.82) is 0 Å². The average molecular weight is 509 g/mol. The normalized spacial score (nSPS) is 14.1. The fourth-order valence-corrected chi connectivity index (χ4v) is 3.98. The van der Waals surface area contributed by atoms with Crippen LogP contribution < -0.4 is 16.0 Å². The Labute approximate surface area is 212 Å². The summed E-state index contributed by atoms with van der Waals surface area (Å²) in [5, 5.41) is 27.1. The first kappa shape index (κ1) is 26.9. The van der Waals surface area contributed by atoms with Gasteiger partial charge in [0.1, 0.15) is 18.1 Å². The van der Waals surface area contributed by atoms with Gasteiger partial charge >= 0.3 is 11.9 Å². The van der Waals surface area contributed by atoms with Crippen LogP contribution in [0.5, 0.6) is 0 Å². The molecule has 0 bridgehead atoms. The summed E-state index contributed by atoms with van der Waals surface area (Å²) >= 11 is 0. The Bertz CT molecular complexity index is 1270. The fraction of sp³-hybridized carbons (Fsp3) is 0.269. The highest BCUT2D eigenvalue weighted by Gasteiger charge is 2.33. The third-order valence-electron chi connectivity index (χ3n) is 6.05. The molecule has 3 amide bonds. The van der Waals surface area contributed by atoms with Gasteiger partial charge in [-0.05, 0) is 24.1 Å². The zero-order chi connectivity index (χ0) is 26.9. The first-order valence-corrected chi connectivity index (χ1v) is 11.6. The highest BCUT2D eigenvalue weighted by Crippen LogP contribution is 2.19. The molecule has 1 heterocycles. The number of para-hydroxylation sites is 1. The minimum absolute atomic E-state index is 0.00704. The van der Waals surface area contributed by atoms with Gasteiger partial charge in [0.2, 0.25) is 18.2 Å². The maximum absolute atomic E-state index is 13.3. The Morgan fingerprint density at radius 3 is 2.16 bits per heavy atom. The van der Waals surface area contributed by atoms with E-state index in [1.165, 1.54) is 6.92 Å². The molecule has 0 saturated carbocycles. The van der Waals surface area contributed by atoms with E-state index < -0.39 is 47.8 Å². The summed E-state index contributed by atoms with van der Waals surface area (Å²) in [5.41, 5.74) is 2.19. The molecule has 11 heteroatoms. The quantitative estimate of drug-likeness (QED) is 0.185. The SMILES string of the molecule is CC(C(=O)O)[C@H](NC=O)C(=O)N[C@@H](Cc1ccccc1)C(=O)N[C@@H](Cc1c[nH]c2ccccc12)C(=O)O. The molecule has 3 rings (SSSR count). The van der Waals surface area contributed by atoms with Crippen LogP contribution in [0.4, 0.5) is 0 Å². The summed E-state index contributed by atoms with van der Waals surface area (Å²) < 4.78 is 0. The van der Waals surface area contributed by atoms with Crippen molar-refractivity contribution in [3.63, 3.8) is 0 Å². The van der Waals surface area contributed by atoms with E-state index in [0.29, 0.717) is 11.1 Å². The van der Waals surface area contributed by atoms with E-state index in [9.17, 15) is 34.2 Å². The van der Waals surface area contributed by atoms with Crippen molar-refractivity contribution in [1.82, 2.24) is 20.9 Å². The third kappa shape index (κ3) is 6.94. The molecule has 1 unspecified atom stereocenters. The van der Waals surface area contributed by atoms with Crippen LogP contribution in [0, 0.1) is 5.92 Å².